The van der Waals surface area contributed by atoms with E-state index in [0.29, 0.717) is 12.0 Å². The number of rotatable bonds is 5. The van der Waals surface area contributed by atoms with Crippen molar-refractivity contribution in [3.8, 4) is 0 Å². The quantitative estimate of drug-likeness (QED) is 0.760. The van der Waals surface area contributed by atoms with E-state index < -0.39 is 9.84 Å². The highest BCUT2D eigenvalue weighted by Crippen LogP contribution is 2.24. The van der Waals surface area contributed by atoms with Gasteiger partial charge in [0.05, 0.1) is 11.5 Å². The summed E-state index contributed by atoms with van der Waals surface area (Å²) in [6, 6.07) is 5.58. The van der Waals surface area contributed by atoms with Crippen LogP contribution in [0.25, 0.3) is 0 Å². The van der Waals surface area contributed by atoms with Gasteiger partial charge in [0.1, 0.15) is 0 Å². The minimum Gasteiger partial charge on any atom is -0.342 e. The molecule has 1 aliphatic heterocycles. The number of Topliss-reactive ketones (excluding diaryl/α,β-unsaturated/α-hetero) is 1. The van der Waals surface area contributed by atoms with Crippen molar-refractivity contribution in [2.45, 2.75) is 44.6 Å². The Morgan fingerprint density at radius 3 is 2.62 bits per heavy atom. The van der Waals surface area contributed by atoms with Crippen molar-refractivity contribution >= 4 is 21.5 Å². The van der Waals surface area contributed by atoms with Gasteiger partial charge in [-0.25, -0.2) is 8.42 Å². The number of nitrogens with zero attached hydrogens (tertiary/aromatic N) is 1. The predicted molar refractivity (Wildman–Crippen MR) is 91.9 cm³/mol. The van der Waals surface area contributed by atoms with Gasteiger partial charge >= 0.3 is 0 Å². The number of aryl methyl sites for hydroxylation is 2. The molecule has 1 fully saturated rings. The Labute approximate surface area is 143 Å². The van der Waals surface area contributed by atoms with Gasteiger partial charge in [0.15, 0.2) is 15.6 Å². The summed E-state index contributed by atoms with van der Waals surface area (Å²) in [5.74, 6) is -0.00531. The number of hydrogen-bond acceptors (Lipinski definition) is 4. The van der Waals surface area contributed by atoms with Crippen molar-refractivity contribution in [2.75, 3.05) is 18.6 Å². The van der Waals surface area contributed by atoms with E-state index in [0.717, 1.165) is 19.3 Å². The molecule has 0 aromatic heterocycles. The Kier molecular flexibility index (Phi) is 4.76. The van der Waals surface area contributed by atoms with Gasteiger partial charge in [-0.3, -0.25) is 9.59 Å². The third-order valence-corrected chi connectivity index (χ3v) is 6.89. The summed E-state index contributed by atoms with van der Waals surface area (Å²) in [6.45, 7) is 0. The largest absolute Gasteiger partial charge is 0.342 e. The van der Waals surface area contributed by atoms with Crippen LogP contribution < -0.4 is 0 Å². The monoisotopic (exact) mass is 349 g/mol. The van der Waals surface area contributed by atoms with Gasteiger partial charge < -0.3 is 4.90 Å². The zero-order chi connectivity index (χ0) is 17.3. The fourth-order valence-electron chi connectivity index (χ4n) is 3.57. The van der Waals surface area contributed by atoms with Crippen LogP contribution in [0.2, 0.25) is 0 Å². The number of sulfone groups is 1. The number of hydrogen-bond donors (Lipinski definition) is 0. The topological polar surface area (TPSA) is 71.5 Å². The Morgan fingerprint density at radius 2 is 1.92 bits per heavy atom. The number of carbonyl (C=O) groups excluding carboxylic acids is 2. The molecule has 0 bridgehead atoms. The smallest absolute Gasteiger partial charge is 0.223 e. The van der Waals surface area contributed by atoms with Crippen LogP contribution >= 0.6 is 0 Å². The molecule has 6 heteroatoms. The van der Waals surface area contributed by atoms with Gasteiger partial charge in [-0.1, -0.05) is 12.1 Å². The van der Waals surface area contributed by atoms with E-state index in [9.17, 15) is 18.0 Å². The average molecular weight is 349 g/mol. The standard InChI is InChI=1S/C18H23NO4S/c1-19(16-9-10-24(22,23)12-16)18(21)8-7-17(20)15-6-5-13-3-2-4-14(13)11-15/h5-6,11,16H,2-4,7-10,12H2,1H3/t16-/m1/s1. The molecule has 0 N–H and O–H groups in total. The second kappa shape index (κ2) is 6.67. The second-order valence-electron chi connectivity index (χ2n) is 6.82. The summed E-state index contributed by atoms with van der Waals surface area (Å²) in [7, 11) is -1.38. The molecule has 130 valence electrons. The lowest BCUT2D eigenvalue weighted by Gasteiger charge is -2.23. The first kappa shape index (κ1) is 17.1. The van der Waals surface area contributed by atoms with Gasteiger partial charge in [-0.2, -0.15) is 0 Å². The maximum atomic E-state index is 12.3. The third-order valence-electron chi connectivity index (χ3n) is 5.14. The number of benzene rings is 1. The zero-order valence-electron chi connectivity index (χ0n) is 14.0. The molecular weight excluding hydrogens is 326 g/mol. The highest BCUT2D eigenvalue weighted by molar-refractivity contribution is 7.91. The Bertz CT molecular complexity index is 769. The molecule has 0 spiro atoms. The summed E-state index contributed by atoms with van der Waals surface area (Å²) >= 11 is 0. The van der Waals surface area contributed by atoms with Gasteiger partial charge in [-0.05, 0) is 42.9 Å². The summed E-state index contributed by atoms with van der Waals surface area (Å²) in [6.07, 6.45) is 4.03. The van der Waals surface area contributed by atoms with Crippen molar-refractivity contribution in [2.24, 2.45) is 0 Å². The van der Waals surface area contributed by atoms with E-state index in [1.54, 1.807) is 7.05 Å². The van der Waals surface area contributed by atoms with Crippen LogP contribution in [0.3, 0.4) is 0 Å². The lowest BCUT2D eigenvalue weighted by Crippen LogP contribution is -2.37. The normalized spacial score (nSPS) is 21.5. The summed E-state index contributed by atoms with van der Waals surface area (Å²) < 4.78 is 23.0. The molecule has 1 saturated heterocycles. The van der Waals surface area contributed by atoms with Crippen LogP contribution in [0.5, 0.6) is 0 Å². The summed E-state index contributed by atoms with van der Waals surface area (Å²) in [5.41, 5.74) is 3.25. The molecular formula is C18H23NO4S. The zero-order valence-corrected chi connectivity index (χ0v) is 14.8. The van der Waals surface area contributed by atoms with Crippen molar-refractivity contribution in [3.05, 3.63) is 34.9 Å². The Balaban J connectivity index is 1.55. The van der Waals surface area contributed by atoms with E-state index in [2.05, 4.69) is 0 Å². The van der Waals surface area contributed by atoms with E-state index >= 15 is 0 Å². The van der Waals surface area contributed by atoms with E-state index in [-0.39, 0.29) is 42.1 Å². The highest BCUT2D eigenvalue weighted by Gasteiger charge is 2.32. The van der Waals surface area contributed by atoms with E-state index in [1.807, 2.05) is 18.2 Å². The van der Waals surface area contributed by atoms with E-state index in [4.69, 9.17) is 0 Å². The number of ketones is 1. The lowest BCUT2D eigenvalue weighted by molar-refractivity contribution is -0.131. The SMILES string of the molecule is CN(C(=O)CCC(=O)c1ccc2c(c1)CCC2)[C@@H]1CCS(=O)(=O)C1. The molecule has 1 aliphatic carbocycles. The Hall–Kier alpha value is -1.69. The molecule has 3 rings (SSSR count). The first-order valence-corrected chi connectivity index (χ1v) is 10.3. The molecule has 1 heterocycles. The molecule has 1 aromatic carbocycles. The fraction of sp³-hybridized carbons (Fsp3) is 0.556. The number of carbonyl (C=O) groups is 2. The molecule has 0 saturated carbocycles. The minimum absolute atomic E-state index is 0.0227. The molecule has 0 unspecified atom stereocenters. The maximum Gasteiger partial charge on any atom is 0.223 e. The molecule has 1 atom stereocenters. The lowest BCUT2D eigenvalue weighted by atomic mass is 10.0. The number of amides is 1. The number of fused-ring (bicyclic) bond motifs is 1. The van der Waals surface area contributed by atoms with Crippen LogP contribution in [0, 0.1) is 0 Å². The van der Waals surface area contributed by atoms with Crippen LogP contribution in [0.15, 0.2) is 18.2 Å². The average Bonchev–Trinajstić information content (AvgIpc) is 3.16. The van der Waals surface area contributed by atoms with Crippen molar-refractivity contribution < 1.29 is 18.0 Å². The predicted octanol–water partition coefficient (Wildman–Crippen LogP) is 1.78. The maximum absolute atomic E-state index is 12.3. The van der Waals surface area contributed by atoms with Crippen LogP contribution in [-0.2, 0) is 27.5 Å². The van der Waals surface area contributed by atoms with Crippen molar-refractivity contribution in [1.82, 2.24) is 4.90 Å². The van der Waals surface area contributed by atoms with Gasteiger partial charge in [0.25, 0.3) is 0 Å². The first-order valence-electron chi connectivity index (χ1n) is 8.47. The van der Waals surface area contributed by atoms with Gasteiger partial charge in [0.2, 0.25) is 5.91 Å². The van der Waals surface area contributed by atoms with Crippen molar-refractivity contribution in [1.29, 1.82) is 0 Å². The minimum atomic E-state index is -3.01. The summed E-state index contributed by atoms with van der Waals surface area (Å²) in [4.78, 5) is 26.1. The Morgan fingerprint density at radius 1 is 1.17 bits per heavy atom. The van der Waals surface area contributed by atoms with Crippen LogP contribution in [0.4, 0.5) is 0 Å². The second-order valence-corrected chi connectivity index (χ2v) is 9.05. The van der Waals surface area contributed by atoms with E-state index in [1.165, 1.54) is 16.0 Å². The fourth-order valence-corrected chi connectivity index (χ4v) is 5.35. The molecule has 0 radical (unpaired) electrons. The molecule has 1 aromatic rings. The highest BCUT2D eigenvalue weighted by atomic mass is 32.2. The van der Waals surface area contributed by atoms with Crippen LogP contribution in [0.1, 0.15) is 47.2 Å². The van der Waals surface area contributed by atoms with Crippen molar-refractivity contribution in [3.63, 3.8) is 0 Å². The van der Waals surface area contributed by atoms with Gasteiger partial charge in [-0.15, -0.1) is 0 Å². The first-order chi connectivity index (χ1) is 11.4. The third kappa shape index (κ3) is 3.69. The molecule has 2 aliphatic rings. The van der Waals surface area contributed by atoms with Crippen LogP contribution in [-0.4, -0.2) is 49.6 Å². The molecule has 24 heavy (non-hydrogen) atoms. The summed E-state index contributed by atoms with van der Waals surface area (Å²) in [5, 5.41) is 0. The molecule has 1 amide bonds. The molecule has 5 nitrogen and oxygen atoms in total. The van der Waals surface area contributed by atoms with Gasteiger partial charge in [0, 0.05) is 31.5 Å².